The largest absolute Gasteiger partial charge is 0.354 e. The van der Waals surface area contributed by atoms with Crippen LogP contribution in [0.4, 0.5) is 0 Å². The van der Waals surface area contributed by atoms with E-state index in [4.69, 9.17) is 0 Å². The van der Waals surface area contributed by atoms with E-state index in [1.165, 1.54) is 20.9 Å². The smallest absolute Gasteiger partial charge is 0.246 e. The molecule has 2 heterocycles. The lowest BCUT2D eigenvalue weighted by Gasteiger charge is -2.32. The van der Waals surface area contributed by atoms with E-state index in [0.717, 1.165) is 49.7 Å². The van der Waals surface area contributed by atoms with Gasteiger partial charge in [0, 0.05) is 26.2 Å². The van der Waals surface area contributed by atoms with Crippen molar-refractivity contribution >= 4 is 72.1 Å². The highest BCUT2D eigenvalue weighted by atomic mass is 35.5. The van der Waals surface area contributed by atoms with Gasteiger partial charge in [-0.05, 0) is 114 Å². The fourth-order valence-electron chi connectivity index (χ4n) is 9.52. The minimum absolute atomic E-state index is 0. The number of nitrogens with one attached hydrogen (secondary N) is 8. The molecule has 2 aromatic rings. The molecule has 0 spiro atoms. The first kappa shape index (κ1) is 55.3. The van der Waals surface area contributed by atoms with Crippen molar-refractivity contribution in [2.75, 3.05) is 40.3 Å². The molecule has 8 N–H and O–H groups in total. The topological polar surface area (TPSA) is 239 Å². The average molecular weight is 986 g/mol. The number of carbonyl (C=O) groups is 8. The molecule has 8 atom stereocenters. The fraction of sp³-hybridized carbons (Fsp3) is 0.583. The lowest BCUT2D eigenvalue weighted by atomic mass is 9.87. The lowest BCUT2D eigenvalue weighted by molar-refractivity contribution is -0.143. The summed E-state index contributed by atoms with van der Waals surface area (Å²) in [6.45, 7) is 3.72. The maximum absolute atomic E-state index is 14.1. The molecule has 0 bridgehead atoms. The van der Waals surface area contributed by atoms with Crippen LogP contribution in [0.3, 0.4) is 0 Å². The molecule has 374 valence electrons. The second kappa shape index (κ2) is 26.5. The summed E-state index contributed by atoms with van der Waals surface area (Å²) < 4.78 is 0. The van der Waals surface area contributed by atoms with Crippen molar-refractivity contribution < 1.29 is 38.4 Å². The third kappa shape index (κ3) is 14.1. The van der Waals surface area contributed by atoms with Crippen molar-refractivity contribution in [3.05, 3.63) is 70.8 Å². The van der Waals surface area contributed by atoms with Crippen LogP contribution in [0.1, 0.15) is 112 Å². The van der Waals surface area contributed by atoms with Crippen LogP contribution in [0.15, 0.2) is 48.5 Å². The Bertz CT molecular complexity index is 1970. The molecule has 8 amide bonds. The Morgan fingerprint density at radius 1 is 0.559 bits per heavy atom. The van der Waals surface area contributed by atoms with Gasteiger partial charge in [-0.3, -0.25) is 38.4 Å². The number of likely N-dealkylation sites (tertiary alicyclic amines) is 2. The molecular formula is C48H70Cl2N10O8. The fourth-order valence-corrected chi connectivity index (χ4v) is 9.52. The summed E-state index contributed by atoms with van der Waals surface area (Å²) in [5.41, 5.74) is 4.53. The minimum Gasteiger partial charge on any atom is -0.354 e. The first-order valence-electron chi connectivity index (χ1n) is 23.7. The van der Waals surface area contributed by atoms with Gasteiger partial charge in [0.05, 0.1) is 37.0 Å². The Hall–Kier alpha value is -5.30. The summed E-state index contributed by atoms with van der Waals surface area (Å²) in [5.74, 6) is -3.77. The van der Waals surface area contributed by atoms with Crippen LogP contribution in [0.25, 0.3) is 0 Å². The second-order valence-corrected chi connectivity index (χ2v) is 17.9. The minimum atomic E-state index is -1.27. The number of likely N-dealkylation sites (N-methyl/N-ethyl adjacent to an activating group) is 2. The molecule has 18 nitrogen and oxygen atoms in total. The summed E-state index contributed by atoms with van der Waals surface area (Å²) in [7, 11) is 3.20. The zero-order valence-electron chi connectivity index (χ0n) is 39.5. The molecule has 68 heavy (non-hydrogen) atoms. The zero-order chi connectivity index (χ0) is 47.3. The van der Waals surface area contributed by atoms with E-state index in [-0.39, 0.29) is 61.8 Å². The molecule has 0 unspecified atom stereocenters. The van der Waals surface area contributed by atoms with Crippen LogP contribution in [-0.2, 0) is 51.2 Å². The van der Waals surface area contributed by atoms with E-state index in [9.17, 15) is 38.4 Å². The standard InChI is InChI=1S/C48H68N10O8.2ClH/c1-29(49-3)43(61)55-37(47(65)57-25-11-21-39(57)45(63)53-35-19-9-15-31-13-5-7-17-33(31)35)27-41(59)51-23-24-52-42(60)28-38(56-44(62)30(2)50-4)48(66)58-26-12-22-40(58)46(64)54-36-20-10-16-32-14-6-8-18-34(32)36;;/h5-8,13-14,17-18,29-30,35-40,49-50H,9-12,15-16,19-28H2,1-4H3,(H,51,59)(H,52,60)(H,53,63)(H,54,64)(H,55,61)(H,56,62);2*1H/t29-,30-,35-,36-,37-,38-,39-,40-;;/m0../s1. The van der Waals surface area contributed by atoms with Gasteiger partial charge in [0.15, 0.2) is 0 Å². The molecule has 20 heteroatoms. The molecule has 2 saturated heterocycles. The van der Waals surface area contributed by atoms with Gasteiger partial charge >= 0.3 is 0 Å². The Morgan fingerprint density at radius 3 is 1.32 bits per heavy atom. The van der Waals surface area contributed by atoms with Crippen molar-refractivity contribution in [2.45, 2.75) is 139 Å². The Balaban J connectivity index is 0.00000504. The predicted molar refractivity (Wildman–Crippen MR) is 261 cm³/mol. The van der Waals surface area contributed by atoms with E-state index in [0.29, 0.717) is 38.8 Å². The Labute approximate surface area is 411 Å². The lowest BCUT2D eigenvalue weighted by Crippen LogP contribution is -2.57. The number of halogens is 2. The number of nitrogens with zero attached hydrogens (tertiary/aromatic N) is 2. The second-order valence-electron chi connectivity index (χ2n) is 17.9. The van der Waals surface area contributed by atoms with Crippen LogP contribution in [0, 0.1) is 0 Å². The molecule has 4 aliphatic rings. The monoisotopic (exact) mass is 984 g/mol. The van der Waals surface area contributed by atoms with Crippen LogP contribution in [0.5, 0.6) is 0 Å². The third-order valence-corrected chi connectivity index (χ3v) is 13.5. The molecule has 0 aromatic heterocycles. The molecule has 2 aromatic carbocycles. The first-order chi connectivity index (χ1) is 31.8. The van der Waals surface area contributed by atoms with Gasteiger partial charge in [-0.15, -0.1) is 24.8 Å². The first-order valence-corrected chi connectivity index (χ1v) is 23.7. The molecule has 0 saturated carbocycles. The van der Waals surface area contributed by atoms with Gasteiger partial charge in [0.1, 0.15) is 24.2 Å². The van der Waals surface area contributed by atoms with Gasteiger partial charge < -0.3 is 52.3 Å². The molecule has 2 aliphatic carbocycles. The average Bonchev–Trinajstić information content (AvgIpc) is 4.03. The van der Waals surface area contributed by atoms with Crippen LogP contribution < -0.4 is 42.5 Å². The van der Waals surface area contributed by atoms with Crippen molar-refractivity contribution in [1.29, 1.82) is 0 Å². The molecular weight excluding hydrogens is 915 g/mol. The summed E-state index contributed by atoms with van der Waals surface area (Å²) in [4.78, 5) is 111. The number of aryl methyl sites for hydroxylation is 2. The molecule has 6 rings (SSSR count). The summed E-state index contributed by atoms with van der Waals surface area (Å²) in [6.07, 6.45) is 6.52. The Morgan fingerprint density at radius 2 is 0.941 bits per heavy atom. The van der Waals surface area contributed by atoms with Crippen molar-refractivity contribution in [3.8, 4) is 0 Å². The van der Waals surface area contributed by atoms with Crippen LogP contribution in [0.2, 0.25) is 0 Å². The van der Waals surface area contributed by atoms with Gasteiger partial charge in [-0.1, -0.05) is 48.5 Å². The Kier molecular flexibility index (Phi) is 21.5. The highest BCUT2D eigenvalue weighted by molar-refractivity contribution is 5.97. The molecule has 0 radical (unpaired) electrons. The van der Waals surface area contributed by atoms with Gasteiger partial charge in [0.25, 0.3) is 0 Å². The SMILES string of the molecule is CN[C@@H](C)C(=O)N[C@@H](CC(=O)NCCNC(=O)C[C@H](NC(=O)[C@H](C)NC)C(=O)N1CCC[C@H]1C(=O)N[C@H]1CCCc2ccccc21)C(=O)N1CCC[C@H]1C(=O)N[C@H]1CCCc2ccccc21.Cl.Cl. The third-order valence-electron chi connectivity index (χ3n) is 13.5. The molecule has 2 aliphatic heterocycles. The van der Waals surface area contributed by atoms with Crippen molar-refractivity contribution in [3.63, 3.8) is 0 Å². The number of amides is 8. The van der Waals surface area contributed by atoms with E-state index in [2.05, 4.69) is 54.7 Å². The van der Waals surface area contributed by atoms with Gasteiger partial charge in [-0.2, -0.15) is 0 Å². The van der Waals surface area contributed by atoms with Gasteiger partial charge in [0.2, 0.25) is 47.3 Å². The van der Waals surface area contributed by atoms with Crippen molar-refractivity contribution in [2.24, 2.45) is 0 Å². The highest BCUT2D eigenvalue weighted by Gasteiger charge is 2.41. The summed E-state index contributed by atoms with van der Waals surface area (Å²) in [6, 6.07) is 10.3. The number of benzene rings is 2. The van der Waals surface area contributed by atoms with Crippen LogP contribution >= 0.6 is 24.8 Å². The van der Waals surface area contributed by atoms with E-state index in [1.54, 1.807) is 27.9 Å². The summed E-state index contributed by atoms with van der Waals surface area (Å²) >= 11 is 0. The number of hydrogen-bond acceptors (Lipinski definition) is 10. The normalized spacial score (nSPS) is 21.1. The number of carbonyl (C=O) groups excluding carboxylic acids is 8. The quantitative estimate of drug-likeness (QED) is 0.0943. The summed E-state index contributed by atoms with van der Waals surface area (Å²) in [5, 5.41) is 22.8. The maximum Gasteiger partial charge on any atom is 0.246 e. The van der Waals surface area contributed by atoms with Crippen LogP contribution in [-0.4, -0.2) is 134 Å². The van der Waals surface area contributed by atoms with E-state index in [1.807, 2.05) is 36.4 Å². The number of fused-ring (bicyclic) bond motifs is 2. The van der Waals surface area contributed by atoms with Gasteiger partial charge in [-0.25, -0.2) is 0 Å². The molecule has 2 fully saturated rings. The van der Waals surface area contributed by atoms with E-state index < -0.39 is 84.5 Å². The predicted octanol–water partition coefficient (Wildman–Crippen LogP) is 1.40. The number of rotatable bonds is 19. The van der Waals surface area contributed by atoms with E-state index >= 15 is 0 Å². The zero-order valence-corrected chi connectivity index (χ0v) is 41.2. The maximum atomic E-state index is 14.1. The van der Waals surface area contributed by atoms with Crippen molar-refractivity contribution in [1.82, 2.24) is 52.3 Å². The highest BCUT2D eigenvalue weighted by Crippen LogP contribution is 2.32. The number of hydrogen-bond donors (Lipinski definition) is 8.